The van der Waals surface area contributed by atoms with Gasteiger partial charge in [0.25, 0.3) is 0 Å². The van der Waals surface area contributed by atoms with E-state index in [9.17, 15) is 9.18 Å². The van der Waals surface area contributed by atoms with Crippen LogP contribution in [0.2, 0.25) is 5.02 Å². The second-order valence-corrected chi connectivity index (χ2v) is 6.73. The maximum Gasteiger partial charge on any atom is 0.223 e. The minimum Gasteiger partial charge on any atom is -0.352 e. The second-order valence-electron chi connectivity index (χ2n) is 6.32. The number of benzene rings is 1. The van der Waals surface area contributed by atoms with Gasteiger partial charge in [0.15, 0.2) is 0 Å². The molecule has 0 atom stereocenters. The minimum absolute atomic E-state index is 0.00850. The molecule has 2 aromatic rings. The summed E-state index contributed by atoms with van der Waals surface area (Å²) in [5.41, 5.74) is 1.57. The Kier molecular flexibility index (Phi) is 6.00. The number of pyridine rings is 1. The zero-order valence-electron chi connectivity index (χ0n) is 13.9. The quantitative estimate of drug-likeness (QED) is 0.887. The summed E-state index contributed by atoms with van der Waals surface area (Å²) < 4.78 is 13.9. The summed E-state index contributed by atoms with van der Waals surface area (Å²) in [6, 6.07) is 8.53. The summed E-state index contributed by atoms with van der Waals surface area (Å²) in [7, 11) is 0. The van der Waals surface area contributed by atoms with Crippen molar-refractivity contribution in [3.05, 3.63) is 64.7 Å². The van der Waals surface area contributed by atoms with Gasteiger partial charge >= 0.3 is 0 Å². The highest BCUT2D eigenvalue weighted by Gasteiger charge is 2.25. The van der Waals surface area contributed by atoms with Crippen molar-refractivity contribution in [1.29, 1.82) is 0 Å². The summed E-state index contributed by atoms with van der Waals surface area (Å²) in [5.74, 6) is -0.181. The first kappa shape index (κ1) is 17.8. The highest BCUT2D eigenvalue weighted by molar-refractivity contribution is 6.31. The summed E-state index contributed by atoms with van der Waals surface area (Å²) in [5, 5.41) is 3.44. The van der Waals surface area contributed by atoms with Gasteiger partial charge in [-0.25, -0.2) is 4.39 Å². The fourth-order valence-corrected chi connectivity index (χ4v) is 3.32. The molecular weight excluding hydrogens is 341 g/mol. The predicted octanol–water partition coefficient (Wildman–Crippen LogP) is 3.40. The number of carbonyl (C=O) groups excluding carboxylic acids is 1. The molecule has 1 aliphatic heterocycles. The van der Waals surface area contributed by atoms with Crippen molar-refractivity contribution in [2.45, 2.75) is 25.9 Å². The Hall–Kier alpha value is -1.98. The molecule has 4 nitrogen and oxygen atoms in total. The van der Waals surface area contributed by atoms with Gasteiger partial charge in [-0.2, -0.15) is 0 Å². The van der Waals surface area contributed by atoms with Crippen LogP contribution in [0.4, 0.5) is 4.39 Å². The summed E-state index contributed by atoms with van der Waals surface area (Å²) in [6.07, 6.45) is 4.98. The normalized spacial score (nSPS) is 15.9. The number of aromatic nitrogens is 1. The molecule has 0 spiro atoms. The van der Waals surface area contributed by atoms with Gasteiger partial charge in [-0.15, -0.1) is 0 Å². The van der Waals surface area contributed by atoms with Crippen molar-refractivity contribution >= 4 is 17.5 Å². The molecule has 0 saturated carbocycles. The molecule has 25 heavy (non-hydrogen) atoms. The smallest absolute Gasteiger partial charge is 0.223 e. The van der Waals surface area contributed by atoms with Crippen LogP contribution in [0.3, 0.4) is 0 Å². The van der Waals surface area contributed by atoms with Gasteiger partial charge in [0, 0.05) is 42.0 Å². The molecule has 1 aromatic heterocycles. The van der Waals surface area contributed by atoms with Crippen LogP contribution < -0.4 is 5.32 Å². The Morgan fingerprint density at radius 3 is 2.64 bits per heavy atom. The number of hydrogen-bond acceptors (Lipinski definition) is 3. The van der Waals surface area contributed by atoms with Crippen LogP contribution in [0.5, 0.6) is 0 Å². The lowest BCUT2D eigenvalue weighted by Gasteiger charge is -2.31. The molecule has 0 bridgehead atoms. The van der Waals surface area contributed by atoms with Gasteiger partial charge in [0.05, 0.1) is 0 Å². The van der Waals surface area contributed by atoms with E-state index in [0.717, 1.165) is 31.5 Å². The zero-order chi connectivity index (χ0) is 17.6. The van der Waals surface area contributed by atoms with Crippen LogP contribution in [-0.4, -0.2) is 28.9 Å². The van der Waals surface area contributed by atoms with E-state index >= 15 is 0 Å². The van der Waals surface area contributed by atoms with Gasteiger partial charge in [0.2, 0.25) is 5.91 Å². The third-order valence-electron chi connectivity index (χ3n) is 4.62. The largest absolute Gasteiger partial charge is 0.352 e. The summed E-state index contributed by atoms with van der Waals surface area (Å²) in [4.78, 5) is 18.4. The fourth-order valence-electron chi connectivity index (χ4n) is 3.09. The number of likely N-dealkylation sites (tertiary alicyclic amines) is 1. The van der Waals surface area contributed by atoms with E-state index in [4.69, 9.17) is 11.6 Å². The standard InChI is InChI=1S/C19H21ClFN3O/c20-17-2-1-3-18(21)16(17)13-24-10-6-15(7-11-24)19(25)23-12-14-4-8-22-9-5-14/h1-5,8-9,15H,6-7,10-13H2,(H,23,25). The zero-order valence-corrected chi connectivity index (χ0v) is 14.7. The van der Waals surface area contributed by atoms with Crippen LogP contribution in [0.25, 0.3) is 0 Å². The maximum atomic E-state index is 13.9. The Balaban J connectivity index is 1.47. The van der Waals surface area contributed by atoms with E-state index in [1.54, 1.807) is 24.5 Å². The number of rotatable bonds is 5. The first-order chi connectivity index (χ1) is 12.1. The van der Waals surface area contributed by atoms with Crippen LogP contribution in [0.1, 0.15) is 24.0 Å². The van der Waals surface area contributed by atoms with Gasteiger partial charge in [0.1, 0.15) is 5.82 Å². The van der Waals surface area contributed by atoms with Crippen molar-refractivity contribution < 1.29 is 9.18 Å². The third kappa shape index (κ3) is 4.77. The molecular formula is C19H21ClFN3O. The lowest BCUT2D eigenvalue weighted by molar-refractivity contribution is -0.126. The monoisotopic (exact) mass is 361 g/mol. The summed E-state index contributed by atoms with van der Waals surface area (Å²) >= 11 is 6.09. The molecule has 3 rings (SSSR count). The second kappa shape index (κ2) is 8.41. The minimum atomic E-state index is -0.273. The van der Waals surface area contributed by atoms with Crippen molar-refractivity contribution in [3.8, 4) is 0 Å². The van der Waals surface area contributed by atoms with E-state index in [2.05, 4.69) is 15.2 Å². The molecule has 1 aliphatic rings. The van der Waals surface area contributed by atoms with Crippen molar-refractivity contribution in [2.75, 3.05) is 13.1 Å². The predicted molar refractivity (Wildman–Crippen MR) is 95.5 cm³/mol. The SMILES string of the molecule is O=C(NCc1ccncc1)C1CCN(Cc2c(F)cccc2Cl)CC1. The molecule has 0 radical (unpaired) electrons. The highest BCUT2D eigenvalue weighted by Crippen LogP contribution is 2.24. The molecule has 132 valence electrons. The number of halogens is 2. The average molecular weight is 362 g/mol. The van der Waals surface area contributed by atoms with Crippen LogP contribution >= 0.6 is 11.6 Å². The van der Waals surface area contributed by atoms with E-state index in [1.165, 1.54) is 6.07 Å². The molecule has 2 heterocycles. The fraction of sp³-hybridized carbons (Fsp3) is 0.368. The highest BCUT2D eigenvalue weighted by atomic mass is 35.5. The van der Waals surface area contributed by atoms with Crippen molar-refractivity contribution in [3.63, 3.8) is 0 Å². The van der Waals surface area contributed by atoms with Crippen LogP contribution in [0, 0.1) is 11.7 Å². The molecule has 1 amide bonds. The maximum absolute atomic E-state index is 13.9. The summed E-state index contributed by atoms with van der Waals surface area (Å²) in [6.45, 7) is 2.53. The van der Waals surface area contributed by atoms with Gasteiger partial charge in [-0.3, -0.25) is 14.7 Å². The van der Waals surface area contributed by atoms with Crippen molar-refractivity contribution in [1.82, 2.24) is 15.2 Å². The average Bonchev–Trinajstić information content (AvgIpc) is 2.64. The Bertz CT molecular complexity index is 698. The van der Waals surface area contributed by atoms with Crippen LogP contribution in [0.15, 0.2) is 42.7 Å². The lowest BCUT2D eigenvalue weighted by Crippen LogP contribution is -2.40. The number of carbonyl (C=O) groups is 1. The van der Waals surface area contributed by atoms with Crippen molar-refractivity contribution in [2.24, 2.45) is 5.92 Å². The Morgan fingerprint density at radius 1 is 1.24 bits per heavy atom. The van der Waals surface area contributed by atoms with E-state index < -0.39 is 0 Å². The molecule has 0 aliphatic carbocycles. The van der Waals surface area contributed by atoms with Gasteiger partial charge < -0.3 is 5.32 Å². The number of nitrogens with one attached hydrogen (secondary N) is 1. The van der Waals surface area contributed by atoms with Crippen LogP contribution in [-0.2, 0) is 17.9 Å². The number of piperidine rings is 1. The topological polar surface area (TPSA) is 45.2 Å². The third-order valence-corrected chi connectivity index (χ3v) is 4.97. The van der Waals surface area contributed by atoms with E-state index in [-0.39, 0.29) is 17.6 Å². The Labute approximate surface area is 152 Å². The van der Waals surface area contributed by atoms with E-state index in [1.807, 2.05) is 12.1 Å². The number of hydrogen-bond donors (Lipinski definition) is 1. The number of nitrogens with zero attached hydrogens (tertiary/aromatic N) is 2. The van der Waals surface area contributed by atoms with E-state index in [0.29, 0.717) is 23.7 Å². The lowest BCUT2D eigenvalue weighted by atomic mass is 9.95. The van der Waals surface area contributed by atoms with Gasteiger partial charge in [-0.1, -0.05) is 17.7 Å². The first-order valence-electron chi connectivity index (χ1n) is 8.45. The molecule has 1 fully saturated rings. The Morgan fingerprint density at radius 2 is 1.96 bits per heavy atom. The molecule has 6 heteroatoms. The molecule has 0 unspecified atom stereocenters. The number of amides is 1. The van der Waals surface area contributed by atoms with Gasteiger partial charge in [-0.05, 0) is 55.8 Å². The molecule has 1 aromatic carbocycles. The molecule has 1 N–H and O–H groups in total. The first-order valence-corrected chi connectivity index (χ1v) is 8.83. The molecule has 1 saturated heterocycles.